The smallest absolute Gasteiger partial charge is 0.280 e. The van der Waals surface area contributed by atoms with Crippen molar-refractivity contribution in [2.75, 3.05) is 42.7 Å². The number of carbonyl (C=O) groups is 1. The monoisotopic (exact) mass is 679 g/mol. The van der Waals surface area contributed by atoms with Crippen LogP contribution in [0.2, 0.25) is 0 Å². The van der Waals surface area contributed by atoms with Gasteiger partial charge >= 0.3 is 0 Å². The zero-order valence-electron chi connectivity index (χ0n) is 27.9. The molecule has 0 aliphatic heterocycles. The lowest BCUT2D eigenvalue weighted by Crippen LogP contribution is -2.15. The molecule has 0 saturated heterocycles. The van der Waals surface area contributed by atoms with Crippen molar-refractivity contribution in [1.82, 2.24) is 24.1 Å². The zero-order chi connectivity index (χ0) is 34.7. The molecule has 250 valence electrons. The highest BCUT2D eigenvalue weighted by atomic mass is 32.1. The van der Waals surface area contributed by atoms with Crippen molar-refractivity contribution in [3.8, 4) is 79.2 Å². The standard InChI is InChI=1S/C36H33N5O7S/c1-20-8-10-23(11-9-20)36(42)41-34(25-18-28(45-4)31(48-7)29(19-25)46-5)37-32(39-41)21-12-14-22(15-13-21)35-38-33(40-49-35)24-16-26(43-2)30(47-6)27(17-24)44-3/h8-19H,1-7H3. The maximum Gasteiger partial charge on any atom is 0.280 e. The Labute approximate surface area is 287 Å². The van der Waals surface area contributed by atoms with Gasteiger partial charge in [0.05, 0.1) is 42.7 Å². The summed E-state index contributed by atoms with van der Waals surface area (Å²) in [6.07, 6.45) is 0. The molecule has 0 fully saturated rings. The Bertz CT molecular complexity index is 2080. The number of rotatable bonds is 11. The van der Waals surface area contributed by atoms with Gasteiger partial charge < -0.3 is 28.4 Å². The molecule has 2 aromatic heterocycles. The first-order valence-electron chi connectivity index (χ1n) is 15.0. The van der Waals surface area contributed by atoms with Gasteiger partial charge in [-0.15, -0.1) is 5.10 Å². The molecule has 49 heavy (non-hydrogen) atoms. The van der Waals surface area contributed by atoms with Crippen molar-refractivity contribution >= 4 is 17.4 Å². The van der Waals surface area contributed by atoms with Crippen LogP contribution in [0.25, 0.3) is 44.7 Å². The van der Waals surface area contributed by atoms with Gasteiger partial charge in [-0.3, -0.25) is 4.79 Å². The fourth-order valence-electron chi connectivity index (χ4n) is 5.22. The van der Waals surface area contributed by atoms with Crippen LogP contribution in [-0.2, 0) is 0 Å². The van der Waals surface area contributed by atoms with Gasteiger partial charge in [0.1, 0.15) is 5.01 Å². The fourth-order valence-corrected chi connectivity index (χ4v) is 5.91. The van der Waals surface area contributed by atoms with Crippen LogP contribution in [0.3, 0.4) is 0 Å². The number of ether oxygens (including phenoxy) is 6. The average Bonchev–Trinajstić information content (AvgIpc) is 3.82. The topological polar surface area (TPSA) is 129 Å². The molecule has 0 spiro atoms. The van der Waals surface area contributed by atoms with Gasteiger partial charge in [0.2, 0.25) is 11.5 Å². The van der Waals surface area contributed by atoms with Crippen LogP contribution >= 0.6 is 11.5 Å². The predicted molar refractivity (Wildman–Crippen MR) is 185 cm³/mol. The van der Waals surface area contributed by atoms with E-state index < -0.39 is 0 Å². The van der Waals surface area contributed by atoms with Gasteiger partial charge in [-0.2, -0.15) is 9.06 Å². The van der Waals surface area contributed by atoms with Crippen LogP contribution in [0, 0.1) is 6.92 Å². The van der Waals surface area contributed by atoms with E-state index in [0.717, 1.165) is 16.7 Å². The predicted octanol–water partition coefficient (Wildman–Crippen LogP) is 6.85. The molecular weight excluding hydrogens is 646 g/mol. The molecule has 0 unspecified atom stereocenters. The molecule has 0 aliphatic rings. The first-order chi connectivity index (χ1) is 23.8. The summed E-state index contributed by atoms with van der Waals surface area (Å²) in [6, 6.07) is 22.0. The van der Waals surface area contributed by atoms with Crippen molar-refractivity contribution in [1.29, 1.82) is 0 Å². The summed E-state index contributed by atoms with van der Waals surface area (Å²) < 4.78 is 38.9. The van der Waals surface area contributed by atoms with Crippen molar-refractivity contribution in [3.05, 3.63) is 83.9 Å². The highest BCUT2D eigenvalue weighted by Gasteiger charge is 2.24. The van der Waals surface area contributed by atoms with Crippen LogP contribution in [0.1, 0.15) is 15.9 Å². The van der Waals surface area contributed by atoms with Crippen LogP contribution in [0.4, 0.5) is 0 Å². The van der Waals surface area contributed by atoms with Gasteiger partial charge in [-0.25, -0.2) is 9.97 Å². The average molecular weight is 680 g/mol. The first-order valence-corrected chi connectivity index (χ1v) is 15.7. The van der Waals surface area contributed by atoms with E-state index in [1.54, 1.807) is 45.6 Å². The molecule has 6 aromatic rings. The molecule has 0 saturated carbocycles. The number of carbonyl (C=O) groups excluding carboxylic acids is 1. The van der Waals surface area contributed by atoms with E-state index in [1.165, 1.54) is 37.5 Å². The normalized spacial score (nSPS) is 10.8. The minimum absolute atomic E-state index is 0.308. The van der Waals surface area contributed by atoms with E-state index in [-0.39, 0.29) is 5.91 Å². The third-order valence-electron chi connectivity index (χ3n) is 7.76. The lowest BCUT2D eigenvalue weighted by Gasteiger charge is -2.14. The summed E-state index contributed by atoms with van der Waals surface area (Å²) >= 11 is 1.26. The number of hydrogen-bond donors (Lipinski definition) is 0. The van der Waals surface area contributed by atoms with Crippen LogP contribution in [0.15, 0.2) is 72.8 Å². The Hall–Kier alpha value is -5.95. The highest BCUT2D eigenvalue weighted by molar-refractivity contribution is 7.09. The van der Waals surface area contributed by atoms with Gasteiger partial charge in [0.25, 0.3) is 5.91 Å². The van der Waals surface area contributed by atoms with Gasteiger partial charge in [-0.05, 0) is 54.9 Å². The molecule has 12 nitrogen and oxygen atoms in total. The third-order valence-corrected chi connectivity index (χ3v) is 8.52. The fraction of sp³-hybridized carbons (Fsp3) is 0.194. The van der Waals surface area contributed by atoms with Crippen LogP contribution < -0.4 is 28.4 Å². The molecule has 6 rings (SSSR count). The molecule has 13 heteroatoms. The van der Waals surface area contributed by atoms with E-state index >= 15 is 0 Å². The Morgan fingerprint density at radius 2 is 1.10 bits per heavy atom. The summed E-state index contributed by atoms with van der Waals surface area (Å²) in [5.41, 5.74) is 4.32. The van der Waals surface area contributed by atoms with Crippen molar-refractivity contribution in [3.63, 3.8) is 0 Å². The molecule has 2 heterocycles. The van der Waals surface area contributed by atoms with E-state index in [9.17, 15) is 4.79 Å². The second-order valence-corrected chi connectivity index (χ2v) is 11.4. The van der Waals surface area contributed by atoms with Crippen molar-refractivity contribution in [2.24, 2.45) is 0 Å². The minimum Gasteiger partial charge on any atom is -0.493 e. The molecule has 0 N–H and O–H groups in total. The van der Waals surface area contributed by atoms with E-state index in [1.807, 2.05) is 55.5 Å². The van der Waals surface area contributed by atoms with E-state index in [0.29, 0.717) is 73.7 Å². The van der Waals surface area contributed by atoms with Gasteiger partial charge in [0, 0.05) is 27.8 Å². The summed E-state index contributed by atoms with van der Waals surface area (Å²) in [4.78, 5) is 23.4. The maximum absolute atomic E-state index is 13.8. The SMILES string of the molecule is COc1cc(-c2nsc(-c3ccc(-c4nc(-c5cc(OC)c(OC)c(OC)c5)n(C(=O)c5ccc(C)cc5)n4)cc3)n2)cc(OC)c1OC. The lowest BCUT2D eigenvalue weighted by molar-refractivity contribution is 0.0947. The Kier molecular flexibility index (Phi) is 9.44. The number of nitrogens with zero attached hydrogens (tertiary/aromatic N) is 5. The minimum atomic E-state index is -0.340. The number of aromatic nitrogens is 5. The number of aryl methyl sites for hydroxylation is 1. The summed E-state index contributed by atoms with van der Waals surface area (Å²) in [5.74, 6) is 3.61. The lowest BCUT2D eigenvalue weighted by atomic mass is 10.1. The van der Waals surface area contributed by atoms with Gasteiger partial charge in [-0.1, -0.05) is 42.0 Å². The molecule has 0 amide bonds. The highest BCUT2D eigenvalue weighted by Crippen LogP contribution is 2.42. The van der Waals surface area contributed by atoms with Crippen LogP contribution in [0.5, 0.6) is 34.5 Å². The van der Waals surface area contributed by atoms with E-state index in [2.05, 4.69) is 9.47 Å². The molecule has 0 bridgehead atoms. The number of benzene rings is 4. The van der Waals surface area contributed by atoms with Crippen molar-refractivity contribution < 1.29 is 33.2 Å². The summed E-state index contributed by atoms with van der Waals surface area (Å²) in [6.45, 7) is 1.96. The second-order valence-electron chi connectivity index (χ2n) is 10.7. The molecule has 0 atom stereocenters. The number of hydrogen-bond acceptors (Lipinski definition) is 12. The summed E-state index contributed by atoms with van der Waals surface area (Å²) in [5, 5.41) is 5.40. The first kappa shape index (κ1) is 33.0. The molecule has 4 aromatic carbocycles. The number of methoxy groups -OCH3 is 6. The zero-order valence-corrected chi connectivity index (χ0v) is 28.7. The Morgan fingerprint density at radius 3 is 1.61 bits per heavy atom. The Balaban J connectivity index is 1.37. The largest absolute Gasteiger partial charge is 0.493 e. The van der Waals surface area contributed by atoms with Gasteiger partial charge in [0.15, 0.2) is 40.5 Å². The summed E-state index contributed by atoms with van der Waals surface area (Å²) in [7, 11) is 9.27. The molecule has 0 aliphatic carbocycles. The van der Waals surface area contributed by atoms with E-state index in [4.69, 9.17) is 38.4 Å². The second kappa shape index (κ2) is 14.0. The van der Waals surface area contributed by atoms with Crippen molar-refractivity contribution in [2.45, 2.75) is 6.92 Å². The molecular formula is C36H33N5O7S. The maximum atomic E-state index is 13.8. The Morgan fingerprint density at radius 1 is 0.592 bits per heavy atom. The molecule has 0 radical (unpaired) electrons. The third kappa shape index (κ3) is 6.35. The quantitative estimate of drug-likeness (QED) is 0.143. The van der Waals surface area contributed by atoms with Crippen LogP contribution in [-0.4, -0.2) is 72.7 Å².